The van der Waals surface area contributed by atoms with Crippen molar-refractivity contribution in [2.45, 2.75) is 38.2 Å². The Kier molecular flexibility index (Phi) is 2.35. The number of aryl methyl sites for hydroxylation is 1. The summed E-state index contributed by atoms with van der Waals surface area (Å²) in [5.41, 5.74) is 4.13. The molecule has 3 heterocycles. The average Bonchev–Trinajstić information content (AvgIpc) is 3.08. The van der Waals surface area contributed by atoms with Crippen molar-refractivity contribution in [3.63, 3.8) is 0 Å². The Morgan fingerprint density at radius 2 is 2.28 bits per heavy atom. The number of nitrogens with zero attached hydrogens (tertiary/aromatic N) is 3. The van der Waals surface area contributed by atoms with Gasteiger partial charge in [0.25, 0.3) is 0 Å². The van der Waals surface area contributed by atoms with Gasteiger partial charge >= 0.3 is 0 Å². The van der Waals surface area contributed by atoms with Gasteiger partial charge in [-0.3, -0.25) is 0 Å². The summed E-state index contributed by atoms with van der Waals surface area (Å²) in [5, 5.41) is 5.30. The first-order valence-corrected chi connectivity index (χ1v) is 6.89. The molecule has 0 N–H and O–H groups in total. The first-order chi connectivity index (χ1) is 8.83. The molecule has 0 spiro atoms. The number of fused-ring (bicyclic) bond motifs is 2. The van der Waals surface area contributed by atoms with Crippen molar-refractivity contribution in [2.24, 2.45) is 0 Å². The fraction of sp³-hybridized carbons (Fsp3) is 0.538. The molecule has 1 atom stereocenters. The van der Waals surface area contributed by atoms with Crippen molar-refractivity contribution < 1.29 is 4.74 Å². The second kappa shape index (κ2) is 3.93. The summed E-state index contributed by atoms with van der Waals surface area (Å²) in [6, 6.07) is 2.01. The van der Waals surface area contributed by atoms with Crippen molar-refractivity contribution in [3.05, 3.63) is 28.2 Å². The highest BCUT2D eigenvalue weighted by Crippen LogP contribution is 2.32. The van der Waals surface area contributed by atoms with Crippen molar-refractivity contribution >= 4 is 17.2 Å². The minimum absolute atomic E-state index is 0.123. The molecule has 2 aromatic heterocycles. The van der Waals surface area contributed by atoms with E-state index in [1.807, 2.05) is 6.07 Å². The van der Waals surface area contributed by atoms with Gasteiger partial charge in [0.05, 0.1) is 5.69 Å². The number of ether oxygens (including phenoxy) is 1. The fourth-order valence-electron chi connectivity index (χ4n) is 2.92. The number of rotatable bonds is 1. The number of aromatic nitrogens is 3. The lowest BCUT2D eigenvalue weighted by molar-refractivity contribution is 0.108. The average molecular weight is 264 g/mol. The summed E-state index contributed by atoms with van der Waals surface area (Å²) in [6.07, 6.45) is 5.47. The van der Waals surface area contributed by atoms with E-state index in [4.69, 9.17) is 16.3 Å². The summed E-state index contributed by atoms with van der Waals surface area (Å²) >= 11 is 6.43. The molecule has 2 aliphatic rings. The first-order valence-electron chi connectivity index (χ1n) is 6.51. The molecule has 0 amide bonds. The van der Waals surface area contributed by atoms with E-state index in [2.05, 4.69) is 10.1 Å². The lowest BCUT2D eigenvalue weighted by Crippen LogP contribution is -2.01. The van der Waals surface area contributed by atoms with Crippen LogP contribution in [0.15, 0.2) is 6.07 Å². The molecule has 0 bridgehead atoms. The Bertz CT molecular complexity index is 616. The van der Waals surface area contributed by atoms with Gasteiger partial charge in [0, 0.05) is 23.9 Å². The minimum Gasteiger partial charge on any atom is -0.372 e. The zero-order chi connectivity index (χ0) is 12.1. The number of hydrogen-bond donors (Lipinski definition) is 0. The number of halogens is 1. The van der Waals surface area contributed by atoms with Gasteiger partial charge in [-0.15, -0.1) is 0 Å². The van der Waals surface area contributed by atoms with E-state index < -0.39 is 0 Å². The molecule has 94 valence electrons. The summed E-state index contributed by atoms with van der Waals surface area (Å²) in [7, 11) is 0. The van der Waals surface area contributed by atoms with Crippen molar-refractivity contribution in [1.29, 1.82) is 0 Å². The predicted octanol–water partition coefficient (Wildman–Crippen LogP) is 2.72. The van der Waals surface area contributed by atoms with Crippen molar-refractivity contribution in [2.75, 3.05) is 6.61 Å². The SMILES string of the molecule is Clc1c2c(nc3cc(C4CCCO4)nn13)CCC2. The van der Waals surface area contributed by atoms with Crippen LogP contribution in [0.25, 0.3) is 5.65 Å². The maximum absolute atomic E-state index is 6.43. The van der Waals surface area contributed by atoms with Crippen LogP contribution in [0.3, 0.4) is 0 Å². The van der Waals surface area contributed by atoms with Gasteiger partial charge in [-0.1, -0.05) is 11.6 Å². The molecule has 18 heavy (non-hydrogen) atoms. The molecular formula is C13H14ClN3O. The smallest absolute Gasteiger partial charge is 0.157 e. The summed E-state index contributed by atoms with van der Waals surface area (Å²) in [4.78, 5) is 4.67. The van der Waals surface area contributed by atoms with Gasteiger partial charge in [-0.2, -0.15) is 5.10 Å². The Hall–Kier alpha value is -1.13. The quantitative estimate of drug-likeness (QED) is 0.743. The normalized spacial score (nSPS) is 22.8. The zero-order valence-corrected chi connectivity index (χ0v) is 10.8. The monoisotopic (exact) mass is 263 g/mol. The van der Waals surface area contributed by atoms with E-state index in [0.29, 0.717) is 0 Å². The topological polar surface area (TPSA) is 39.4 Å². The Balaban J connectivity index is 1.87. The first kappa shape index (κ1) is 10.8. The van der Waals surface area contributed by atoms with Crippen LogP contribution in [0.5, 0.6) is 0 Å². The highest BCUT2D eigenvalue weighted by Gasteiger charge is 2.24. The van der Waals surface area contributed by atoms with Crippen molar-refractivity contribution in [1.82, 2.24) is 14.6 Å². The maximum Gasteiger partial charge on any atom is 0.157 e. The highest BCUT2D eigenvalue weighted by molar-refractivity contribution is 6.30. The van der Waals surface area contributed by atoms with Gasteiger partial charge in [0.15, 0.2) is 5.65 Å². The van der Waals surface area contributed by atoms with Crippen molar-refractivity contribution in [3.8, 4) is 0 Å². The second-order valence-corrected chi connectivity index (χ2v) is 5.38. The van der Waals surface area contributed by atoms with Gasteiger partial charge in [0.1, 0.15) is 11.3 Å². The van der Waals surface area contributed by atoms with Gasteiger partial charge < -0.3 is 4.74 Å². The summed E-state index contributed by atoms with van der Waals surface area (Å²) in [5.74, 6) is 0. The van der Waals surface area contributed by atoms with E-state index in [0.717, 1.165) is 60.9 Å². The highest BCUT2D eigenvalue weighted by atomic mass is 35.5. The van der Waals surface area contributed by atoms with Gasteiger partial charge in [0.2, 0.25) is 0 Å². The van der Waals surface area contributed by atoms with Crippen LogP contribution in [-0.2, 0) is 17.6 Å². The Morgan fingerprint density at radius 1 is 1.33 bits per heavy atom. The van der Waals surface area contributed by atoms with Crippen LogP contribution >= 0.6 is 11.6 Å². The molecule has 1 fully saturated rings. The summed E-state index contributed by atoms with van der Waals surface area (Å²) in [6.45, 7) is 0.830. The van der Waals surface area contributed by atoms with Gasteiger partial charge in [-0.05, 0) is 32.1 Å². The third-order valence-corrected chi connectivity index (χ3v) is 4.23. The third kappa shape index (κ3) is 1.49. The van der Waals surface area contributed by atoms with E-state index in [1.165, 1.54) is 5.56 Å². The lowest BCUT2D eigenvalue weighted by Gasteiger charge is -2.04. The molecule has 4 nitrogen and oxygen atoms in total. The molecule has 0 saturated carbocycles. The minimum atomic E-state index is 0.123. The molecule has 0 aromatic carbocycles. The van der Waals surface area contributed by atoms with E-state index in [1.54, 1.807) is 4.52 Å². The maximum atomic E-state index is 6.43. The second-order valence-electron chi connectivity index (χ2n) is 5.02. The molecule has 0 radical (unpaired) electrons. The van der Waals surface area contributed by atoms with Crippen LogP contribution in [0.2, 0.25) is 5.15 Å². The molecule has 4 rings (SSSR count). The molecule has 1 aliphatic carbocycles. The largest absolute Gasteiger partial charge is 0.372 e. The fourth-order valence-corrected chi connectivity index (χ4v) is 3.25. The van der Waals surface area contributed by atoms with Crippen LogP contribution in [0.4, 0.5) is 0 Å². The Morgan fingerprint density at radius 3 is 3.11 bits per heavy atom. The molecule has 5 heteroatoms. The third-order valence-electron chi connectivity index (χ3n) is 3.84. The Labute approximate surface area is 110 Å². The molecule has 1 unspecified atom stereocenters. The molecular weight excluding hydrogens is 250 g/mol. The van der Waals surface area contributed by atoms with Crippen LogP contribution in [0.1, 0.15) is 42.3 Å². The van der Waals surface area contributed by atoms with E-state index in [9.17, 15) is 0 Å². The number of hydrogen-bond acceptors (Lipinski definition) is 3. The molecule has 1 saturated heterocycles. The van der Waals surface area contributed by atoms with Crippen LogP contribution < -0.4 is 0 Å². The zero-order valence-electron chi connectivity index (χ0n) is 10.0. The standard InChI is InChI=1S/C13H14ClN3O/c14-13-8-3-1-4-9(8)15-12-7-10(16-17(12)13)11-5-2-6-18-11/h7,11H,1-6H2. The molecule has 2 aromatic rings. The predicted molar refractivity (Wildman–Crippen MR) is 67.9 cm³/mol. The van der Waals surface area contributed by atoms with Crippen LogP contribution in [-0.4, -0.2) is 21.2 Å². The summed E-state index contributed by atoms with van der Waals surface area (Å²) < 4.78 is 7.43. The van der Waals surface area contributed by atoms with Crippen LogP contribution in [0, 0.1) is 0 Å². The van der Waals surface area contributed by atoms with E-state index >= 15 is 0 Å². The molecule has 1 aliphatic heterocycles. The van der Waals surface area contributed by atoms with Gasteiger partial charge in [-0.25, -0.2) is 9.50 Å². The lowest BCUT2D eigenvalue weighted by atomic mass is 10.2. The van der Waals surface area contributed by atoms with E-state index in [-0.39, 0.29) is 6.10 Å².